The van der Waals surface area contributed by atoms with Crippen molar-refractivity contribution in [3.8, 4) is 0 Å². The fourth-order valence-electron chi connectivity index (χ4n) is 2.81. The van der Waals surface area contributed by atoms with Gasteiger partial charge in [0.2, 0.25) is 0 Å². The molecule has 0 aliphatic carbocycles. The molecule has 0 heterocycles. The molecule has 2 aromatic rings. The lowest BCUT2D eigenvalue weighted by Crippen LogP contribution is -2.42. The number of ketones is 1. The number of hydrogen-bond acceptors (Lipinski definition) is 5. The number of nitrogens with one attached hydrogen (secondary N) is 1. The number of rotatable bonds is 9. The van der Waals surface area contributed by atoms with Crippen LogP contribution in [0.2, 0.25) is 0 Å². The number of carbonyl (C=O) groups is 1. The van der Waals surface area contributed by atoms with E-state index in [1.165, 1.54) is 28.8 Å². The number of nitrogens with two attached hydrogens (primary N) is 1. The van der Waals surface area contributed by atoms with Gasteiger partial charge in [-0.25, -0.2) is 0 Å². The number of non-ortho nitro benzene ring substituents is 1. The summed E-state index contributed by atoms with van der Waals surface area (Å²) in [5, 5.41) is 13.7. The zero-order chi connectivity index (χ0) is 19.1. The van der Waals surface area contributed by atoms with E-state index in [4.69, 9.17) is 5.73 Å². The van der Waals surface area contributed by atoms with Crippen molar-refractivity contribution in [1.29, 1.82) is 0 Å². The van der Waals surface area contributed by atoms with Crippen LogP contribution in [-0.2, 0) is 17.6 Å². The lowest BCUT2D eigenvalue weighted by Gasteiger charge is -2.13. The van der Waals surface area contributed by atoms with Crippen LogP contribution in [0.1, 0.15) is 28.7 Å². The summed E-state index contributed by atoms with van der Waals surface area (Å²) in [5.74, 6) is 0.115. The third-order valence-corrected chi connectivity index (χ3v) is 4.34. The molecule has 6 nitrogen and oxygen atoms in total. The SMILES string of the molecule is Cc1ccc(CCC(=O)CN[C@H](N)Cc2ccc([N+](=O)[O-])cc2)c(C)c1. The number of hydrogen-bond donors (Lipinski definition) is 2. The summed E-state index contributed by atoms with van der Waals surface area (Å²) < 4.78 is 0. The van der Waals surface area contributed by atoms with E-state index in [-0.39, 0.29) is 24.2 Å². The molecule has 0 saturated carbocycles. The first-order valence-corrected chi connectivity index (χ1v) is 8.65. The molecule has 2 aromatic carbocycles. The standard InChI is InChI=1S/C20H25N3O3/c1-14-3-6-17(15(2)11-14)7-10-19(24)13-22-20(21)12-16-4-8-18(9-5-16)23(25)26/h3-6,8-9,11,20,22H,7,10,12-13,21H2,1-2H3/t20-/m0/s1. The Kier molecular flexibility index (Phi) is 7.00. The fraction of sp³-hybridized carbons (Fsp3) is 0.350. The number of benzene rings is 2. The van der Waals surface area contributed by atoms with Gasteiger partial charge < -0.3 is 5.73 Å². The minimum Gasteiger partial charge on any atom is -0.316 e. The van der Waals surface area contributed by atoms with Gasteiger partial charge in [0.25, 0.3) is 5.69 Å². The Morgan fingerprint density at radius 1 is 1.19 bits per heavy atom. The molecule has 0 aliphatic rings. The molecule has 6 heteroatoms. The number of nitro groups is 1. The first kappa shape index (κ1) is 19.8. The molecule has 0 saturated heterocycles. The summed E-state index contributed by atoms with van der Waals surface area (Å²) >= 11 is 0. The highest BCUT2D eigenvalue weighted by molar-refractivity contribution is 5.80. The monoisotopic (exact) mass is 355 g/mol. The summed E-state index contributed by atoms with van der Waals surface area (Å²) in [6, 6.07) is 12.5. The van der Waals surface area contributed by atoms with Gasteiger partial charge in [-0.3, -0.25) is 20.2 Å². The average Bonchev–Trinajstić information content (AvgIpc) is 2.59. The molecule has 0 bridgehead atoms. The Hall–Kier alpha value is -2.57. The molecule has 0 aromatic heterocycles. The topological polar surface area (TPSA) is 98.3 Å². The molecular formula is C20H25N3O3. The maximum Gasteiger partial charge on any atom is 0.269 e. The highest BCUT2D eigenvalue weighted by Crippen LogP contribution is 2.13. The zero-order valence-corrected chi connectivity index (χ0v) is 15.2. The van der Waals surface area contributed by atoms with E-state index in [0.29, 0.717) is 12.8 Å². The lowest BCUT2D eigenvalue weighted by atomic mass is 10.0. The highest BCUT2D eigenvalue weighted by atomic mass is 16.6. The van der Waals surface area contributed by atoms with Crippen LogP contribution in [-0.4, -0.2) is 23.4 Å². The van der Waals surface area contributed by atoms with E-state index in [1.807, 2.05) is 0 Å². The van der Waals surface area contributed by atoms with Gasteiger partial charge >= 0.3 is 0 Å². The van der Waals surface area contributed by atoms with Gasteiger partial charge in [-0.2, -0.15) is 0 Å². The predicted octanol–water partition coefficient (Wildman–Crippen LogP) is 2.83. The van der Waals surface area contributed by atoms with Crippen molar-refractivity contribution in [2.75, 3.05) is 6.54 Å². The Labute approximate surface area is 153 Å². The molecule has 3 N–H and O–H groups in total. The minimum absolute atomic E-state index is 0.0526. The Morgan fingerprint density at radius 3 is 2.50 bits per heavy atom. The van der Waals surface area contributed by atoms with Crippen LogP contribution in [0.25, 0.3) is 0 Å². The van der Waals surface area contributed by atoms with E-state index < -0.39 is 4.92 Å². The summed E-state index contributed by atoms with van der Waals surface area (Å²) in [4.78, 5) is 22.3. The van der Waals surface area contributed by atoms with Crippen molar-refractivity contribution < 1.29 is 9.72 Å². The van der Waals surface area contributed by atoms with E-state index in [9.17, 15) is 14.9 Å². The second-order valence-corrected chi connectivity index (χ2v) is 6.58. The van der Waals surface area contributed by atoms with Crippen LogP contribution in [0.5, 0.6) is 0 Å². The number of nitro benzene ring substituents is 1. The van der Waals surface area contributed by atoms with Crippen LogP contribution in [0.3, 0.4) is 0 Å². The van der Waals surface area contributed by atoms with Gasteiger partial charge in [0.15, 0.2) is 0 Å². The number of aryl methyl sites for hydroxylation is 3. The fourth-order valence-corrected chi connectivity index (χ4v) is 2.81. The molecule has 0 unspecified atom stereocenters. The van der Waals surface area contributed by atoms with E-state index >= 15 is 0 Å². The van der Waals surface area contributed by atoms with Gasteiger partial charge in [-0.05, 0) is 37.0 Å². The quantitative estimate of drug-likeness (QED) is 0.409. The van der Waals surface area contributed by atoms with Crippen molar-refractivity contribution in [2.45, 2.75) is 39.3 Å². The van der Waals surface area contributed by atoms with Crippen LogP contribution in [0, 0.1) is 24.0 Å². The first-order chi connectivity index (χ1) is 12.3. The van der Waals surface area contributed by atoms with Gasteiger partial charge in [0.1, 0.15) is 5.78 Å². The van der Waals surface area contributed by atoms with E-state index in [2.05, 4.69) is 37.4 Å². The van der Waals surface area contributed by atoms with Crippen molar-refractivity contribution in [3.63, 3.8) is 0 Å². The maximum absolute atomic E-state index is 12.1. The highest BCUT2D eigenvalue weighted by Gasteiger charge is 2.10. The normalized spacial score (nSPS) is 12.0. The Morgan fingerprint density at radius 2 is 1.88 bits per heavy atom. The average molecular weight is 355 g/mol. The molecule has 0 radical (unpaired) electrons. The molecule has 2 rings (SSSR count). The summed E-state index contributed by atoms with van der Waals surface area (Å²) in [6.45, 7) is 4.34. The molecule has 0 fully saturated rings. The second-order valence-electron chi connectivity index (χ2n) is 6.58. The van der Waals surface area contributed by atoms with Gasteiger partial charge in [-0.15, -0.1) is 0 Å². The van der Waals surface area contributed by atoms with Crippen LogP contribution in [0.4, 0.5) is 5.69 Å². The predicted molar refractivity (Wildman–Crippen MR) is 102 cm³/mol. The van der Waals surface area contributed by atoms with Crippen molar-refractivity contribution in [1.82, 2.24) is 5.32 Å². The van der Waals surface area contributed by atoms with Crippen LogP contribution in [0.15, 0.2) is 42.5 Å². The third kappa shape index (κ3) is 6.06. The van der Waals surface area contributed by atoms with E-state index in [0.717, 1.165) is 12.0 Å². The molecule has 0 spiro atoms. The summed E-state index contributed by atoms with van der Waals surface area (Å²) in [5.41, 5.74) is 10.6. The Bertz CT molecular complexity index is 772. The first-order valence-electron chi connectivity index (χ1n) is 8.65. The van der Waals surface area contributed by atoms with Crippen molar-refractivity contribution in [2.24, 2.45) is 5.73 Å². The molecule has 0 amide bonds. The lowest BCUT2D eigenvalue weighted by molar-refractivity contribution is -0.384. The zero-order valence-electron chi connectivity index (χ0n) is 15.2. The minimum atomic E-state index is -0.434. The van der Waals surface area contributed by atoms with Crippen molar-refractivity contribution >= 4 is 11.5 Å². The molecule has 138 valence electrons. The van der Waals surface area contributed by atoms with Crippen LogP contribution < -0.4 is 11.1 Å². The molecule has 0 aliphatic heterocycles. The molecular weight excluding hydrogens is 330 g/mol. The number of carbonyl (C=O) groups excluding carboxylic acids is 1. The van der Waals surface area contributed by atoms with Crippen LogP contribution >= 0.6 is 0 Å². The van der Waals surface area contributed by atoms with Crippen molar-refractivity contribution in [3.05, 3.63) is 74.8 Å². The maximum atomic E-state index is 12.1. The van der Waals surface area contributed by atoms with Gasteiger partial charge in [0.05, 0.1) is 17.6 Å². The largest absolute Gasteiger partial charge is 0.316 e. The molecule has 26 heavy (non-hydrogen) atoms. The van der Waals surface area contributed by atoms with Gasteiger partial charge in [0, 0.05) is 25.0 Å². The number of nitrogens with zero attached hydrogens (tertiary/aromatic N) is 1. The number of Topliss-reactive ketones (excluding diaryl/α,β-unsaturated/α-hetero) is 1. The Balaban J connectivity index is 1.75. The summed E-state index contributed by atoms with van der Waals surface area (Å²) in [6.07, 6.45) is 1.33. The summed E-state index contributed by atoms with van der Waals surface area (Å²) in [7, 11) is 0. The van der Waals surface area contributed by atoms with E-state index in [1.54, 1.807) is 12.1 Å². The van der Waals surface area contributed by atoms with Gasteiger partial charge in [-0.1, -0.05) is 35.9 Å². The second kappa shape index (κ2) is 9.22. The molecule has 1 atom stereocenters. The third-order valence-electron chi connectivity index (χ3n) is 4.34. The smallest absolute Gasteiger partial charge is 0.269 e.